The lowest BCUT2D eigenvalue weighted by Gasteiger charge is -2.34. The third kappa shape index (κ3) is 3.16. The minimum atomic E-state index is -0.354. The summed E-state index contributed by atoms with van der Waals surface area (Å²) in [6.07, 6.45) is 0. The van der Waals surface area contributed by atoms with Gasteiger partial charge in [-0.3, -0.25) is 4.79 Å². The van der Waals surface area contributed by atoms with Crippen molar-refractivity contribution in [3.63, 3.8) is 0 Å². The molecule has 4 heteroatoms. The average molecular weight is 269 g/mol. The Labute approximate surface area is 114 Å². The van der Waals surface area contributed by atoms with Gasteiger partial charge in [0.2, 0.25) is 0 Å². The molecular weight excluding hydrogens is 248 g/mol. The van der Waals surface area contributed by atoms with Crippen molar-refractivity contribution in [2.24, 2.45) is 0 Å². The monoisotopic (exact) mass is 268 g/mol. The molecule has 0 aliphatic carbocycles. The molecule has 100 valence electrons. The predicted molar refractivity (Wildman–Crippen MR) is 77.7 cm³/mol. The van der Waals surface area contributed by atoms with Gasteiger partial charge in [0.05, 0.1) is 5.54 Å². The Morgan fingerprint density at radius 3 is 2.39 bits per heavy atom. The number of amides is 1. The number of halogens is 1. The van der Waals surface area contributed by atoms with E-state index in [0.29, 0.717) is 11.4 Å². The number of nitrogens with zero attached hydrogens (tertiary/aromatic N) is 2. The van der Waals surface area contributed by atoms with Crippen molar-refractivity contribution >= 4 is 23.2 Å². The van der Waals surface area contributed by atoms with E-state index in [1.54, 1.807) is 11.9 Å². The molecule has 0 saturated heterocycles. The minimum Gasteiger partial charge on any atom is -0.378 e. The topological polar surface area (TPSA) is 23.6 Å². The van der Waals surface area contributed by atoms with E-state index < -0.39 is 0 Å². The predicted octanol–water partition coefficient (Wildman–Crippen LogP) is 2.84. The first kappa shape index (κ1) is 14.8. The van der Waals surface area contributed by atoms with Crippen LogP contribution in [0.3, 0.4) is 0 Å². The van der Waals surface area contributed by atoms with Crippen molar-refractivity contribution in [3.05, 3.63) is 29.8 Å². The summed E-state index contributed by atoms with van der Waals surface area (Å²) >= 11 is 5.90. The van der Waals surface area contributed by atoms with Crippen LogP contribution in [0.5, 0.6) is 0 Å². The summed E-state index contributed by atoms with van der Waals surface area (Å²) in [6, 6.07) is 7.59. The third-order valence-electron chi connectivity index (χ3n) is 3.15. The molecule has 0 radical (unpaired) electrons. The van der Waals surface area contributed by atoms with E-state index in [9.17, 15) is 4.79 Å². The smallest absolute Gasteiger partial charge is 0.254 e. The fourth-order valence-electron chi connectivity index (χ4n) is 1.48. The number of hydrogen-bond donors (Lipinski definition) is 0. The fraction of sp³-hybridized carbons (Fsp3) is 0.500. The zero-order valence-electron chi connectivity index (χ0n) is 11.7. The van der Waals surface area contributed by atoms with E-state index in [1.807, 2.05) is 57.1 Å². The van der Waals surface area contributed by atoms with Crippen LogP contribution in [0.1, 0.15) is 24.2 Å². The first-order valence-corrected chi connectivity index (χ1v) is 6.44. The van der Waals surface area contributed by atoms with Gasteiger partial charge in [0.1, 0.15) is 0 Å². The Kier molecular flexibility index (Phi) is 4.63. The molecule has 0 aromatic heterocycles. The summed E-state index contributed by atoms with van der Waals surface area (Å²) in [4.78, 5) is 16.0. The second kappa shape index (κ2) is 5.61. The summed E-state index contributed by atoms with van der Waals surface area (Å²) in [5.74, 6) is 0.396. The van der Waals surface area contributed by atoms with Crippen LogP contribution in [0.25, 0.3) is 0 Å². The van der Waals surface area contributed by atoms with Gasteiger partial charge in [0.15, 0.2) is 0 Å². The van der Waals surface area contributed by atoms with Crippen LogP contribution in [0.15, 0.2) is 24.3 Å². The highest BCUT2D eigenvalue weighted by Crippen LogP contribution is 2.20. The molecule has 0 saturated carbocycles. The number of carbonyl (C=O) groups excluding carboxylic acids is 1. The van der Waals surface area contributed by atoms with Gasteiger partial charge >= 0.3 is 0 Å². The van der Waals surface area contributed by atoms with Gasteiger partial charge in [-0.2, -0.15) is 0 Å². The normalized spacial score (nSPS) is 11.2. The molecular formula is C14H21ClN2O. The van der Waals surface area contributed by atoms with Crippen LogP contribution in [-0.2, 0) is 0 Å². The summed E-state index contributed by atoms with van der Waals surface area (Å²) < 4.78 is 0. The van der Waals surface area contributed by atoms with Gasteiger partial charge in [0.25, 0.3) is 5.91 Å². The van der Waals surface area contributed by atoms with Crippen LogP contribution in [-0.4, -0.2) is 43.4 Å². The maximum atomic E-state index is 12.4. The van der Waals surface area contributed by atoms with Gasteiger partial charge in [-0.05, 0) is 32.0 Å². The molecule has 1 rings (SSSR count). The number of rotatable bonds is 4. The molecule has 18 heavy (non-hydrogen) atoms. The Hall–Kier alpha value is -1.22. The third-order valence-corrected chi connectivity index (χ3v) is 3.80. The molecule has 0 fully saturated rings. The number of benzene rings is 1. The largest absolute Gasteiger partial charge is 0.378 e. The number of hydrogen-bond acceptors (Lipinski definition) is 2. The lowest BCUT2D eigenvalue weighted by atomic mass is 10.0. The van der Waals surface area contributed by atoms with Gasteiger partial charge < -0.3 is 9.80 Å². The lowest BCUT2D eigenvalue weighted by Crippen LogP contribution is -2.46. The quantitative estimate of drug-likeness (QED) is 0.784. The highest BCUT2D eigenvalue weighted by Gasteiger charge is 2.27. The van der Waals surface area contributed by atoms with Crippen molar-refractivity contribution < 1.29 is 4.79 Å². The highest BCUT2D eigenvalue weighted by molar-refractivity contribution is 6.18. The van der Waals surface area contributed by atoms with Crippen LogP contribution in [0.2, 0.25) is 0 Å². The molecule has 0 spiro atoms. The second-order valence-corrected chi connectivity index (χ2v) is 5.52. The van der Waals surface area contributed by atoms with Crippen molar-refractivity contribution in [1.29, 1.82) is 0 Å². The Bertz CT molecular complexity index is 430. The molecule has 0 aliphatic rings. The minimum absolute atomic E-state index is 0.00986. The molecule has 3 nitrogen and oxygen atoms in total. The van der Waals surface area contributed by atoms with Gasteiger partial charge in [-0.1, -0.05) is 6.07 Å². The molecule has 0 bridgehead atoms. The van der Waals surface area contributed by atoms with Gasteiger partial charge in [-0.15, -0.1) is 11.6 Å². The number of anilines is 1. The van der Waals surface area contributed by atoms with Crippen LogP contribution < -0.4 is 4.90 Å². The maximum absolute atomic E-state index is 12.4. The summed E-state index contributed by atoms with van der Waals surface area (Å²) in [7, 11) is 5.69. The van der Waals surface area contributed by atoms with E-state index in [-0.39, 0.29) is 11.4 Å². The number of alkyl halides is 1. The summed E-state index contributed by atoms with van der Waals surface area (Å²) in [5, 5.41) is 0. The van der Waals surface area contributed by atoms with Crippen LogP contribution in [0.4, 0.5) is 5.69 Å². The standard InChI is InChI=1S/C14H21ClN2O/c1-14(2,10-15)17(5)13(18)11-7-6-8-12(9-11)16(3)4/h6-9H,10H2,1-5H3. The summed E-state index contributed by atoms with van der Waals surface area (Å²) in [5.41, 5.74) is 1.34. The molecule has 1 aromatic rings. The van der Waals surface area contributed by atoms with Gasteiger partial charge in [-0.25, -0.2) is 0 Å². The average Bonchev–Trinajstić information content (AvgIpc) is 2.37. The Morgan fingerprint density at radius 1 is 1.28 bits per heavy atom. The zero-order valence-corrected chi connectivity index (χ0v) is 12.5. The molecule has 0 atom stereocenters. The van der Waals surface area contributed by atoms with Crippen molar-refractivity contribution in [2.45, 2.75) is 19.4 Å². The van der Waals surface area contributed by atoms with Crippen LogP contribution >= 0.6 is 11.6 Å². The number of carbonyl (C=O) groups is 1. The van der Waals surface area contributed by atoms with E-state index >= 15 is 0 Å². The second-order valence-electron chi connectivity index (χ2n) is 5.25. The van der Waals surface area contributed by atoms with E-state index in [4.69, 9.17) is 11.6 Å². The van der Waals surface area contributed by atoms with E-state index in [2.05, 4.69) is 0 Å². The highest BCUT2D eigenvalue weighted by atomic mass is 35.5. The molecule has 1 amide bonds. The van der Waals surface area contributed by atoms with Crippen molar-refractivity contribution in [1.82, 2.24) is 4.90 Å². The van der Waals surface area contributed by atoms with Crippen molar-refractivity contribution in [2.75, 3.05) is 31.9 Å². The van der Waals surface area contributed by atoms with E-state index in [0.717, 1.165) is 5.69 Å². The molecule has 0 heterocycles. The fourth-order valence-corrected chi connectivity index (χ4v) is 1.65. The Morgan fingerprint density at radius 2 is 1.89 bits per heavy atom. The molecule has 0 unspecified atom stereocenters. The van der Waals surface area contributed by atoms with Gasteiger partial charge in [0, 0.05) is 38.3 Å². The molecule has 0 aliphatic heterocycles. The maximum Gasteiger partial charge on any atom is 0.254 e. The zero-order chi connectivity index (χ0) is 13.9. The van der Waals surface area contributed by atoms with Crippen LogP contribution in [0, 0.1) is 0 Å². The molecule has 0 N–H and O–H groups in total. The summed E-state index contributed by atoms with van der Waals surface area (Å²) in [6.45, 7) is 3.90. The SMILES string of the molecule is CN(C)c1cccc(C(=O)N(C)C(C)(C)CCl)c1. The van der Waals surface area contributed by atoms with E-state index in [1.165, 1.54) is 0 Å². The molecule has 1 aromatic carbocycles. The lowest BCUT2D eigenvalue weighted by molar-refractivity contribution is 0.0660. The first-order chi connectivity index (χ1) is 8.29. The Balaban J connectivity index is 3.01. The van der Waals surface area contributed by atoms with Crippen molar-refractivity contribution in [3.8, 4) is 0 Å². The first-order valence-electron chi connectivity index (χ1n) is 5.91.